The molecule has 0 N–H and O–H groups in total. The third-order valence-electron chi connectivity index (χ3n) is 0. The second-order valence-electron chi connectivity index (χ2n) is 1.57. The first-order chi connectivity index (χ1) is 12.1. The third kappa shape index (κ3) is 1080. The van der Waals surface area contributed by atoms with E-state index in [1.165, 1.54) is 0 Å². The molecule has 31 heteroatoms. The first-order valence-corrected chi connectivity index (χ1v) is 3.83. The Morgan fingerprint density at radius 3 is 0.290 bits per heavy atom. The van der Waals surface area contributed by atoms with Crippen molar-refractivity contribution < 1.29 is 52.7 Å². The van der Waals surface area contributed by atoms with E-state index in [9.17, 15) is 0 Å². The second kappa shape index (κ2) is 56.2. The molecule has 0 aromatic heterocycles. The summed E-state index contributed by atoms with van der Waals surface area (Å²) in [4.78, 5) is 57.8. The van der Waals surface area contributed by atoms with Gasteiger partial charge in [0.2, 0.25) is 0 Å². The number of hydrogen-bond acceptors (Lipinski definition) is 21. The van der Waals surface area contributed by atoms with E-state index in [0.717, 1.165) is 0 Å². The summed E-state index contributed by atoms with van der Waals surface area (Å²) in [6.07, 6.45) is 0. The molecular formula is AlCuMgN7O21. The molecule has 0 aromatic carbocycles. The van der Waals surface area contributed by atoms with Crippen molar-refractivity contribution in [3.8, 4) is 0 Å². The molecule has 0 aliphatic carbocycles. The number of rotatable bonds is 0. The average Bonchev–Trinajstić information content (AvgIpc) is 2.20. The Morgan fingerprint density at radius 2 is 0.290 bits per heavy atom. The molecule has 0 aliphatic rings. The van der Waals surface area contributed by atoms with E-state index in [0.29, 0.717) is 0 Å². The van der Waals surface area contributed by atoms with Crippen molar-refractivity contribution in [1.82, 2.24) is 0 Å². The fourth-order valence-corrected chi connectivity index (χ4v) is 0. The average molecular weight is 549 g/mol. The van der Waals surface area contributed by atoms with Crippen LogP contribution in [0.4, 0.5) is 0 Å². The van der Waals surface area contributed by atoms with E-state index in [2.05, 4.69) is 0 Å². The fourth-order valence-electron chi connectivity index (χ4n) is 0. The Hall–Kier alpha value is -3.78. The minimum Gasteiger partial charge on any atom is -0.356 e. The quantitative estimate of drug-likeness (QED) is 0.172. The Kier molecular flexibility index (Phi) is 114. The zero-order chi connectivity index (χ0) is 25.0. The van der Waals surface area contributed by atoms with Crippen LogP contribution in [0.1, 0.15) is 0 Å². The van der Waals surface area contributed by atoms with Crippen LogP contribution in [0.15, 0.2) is 0 Å². The molecule has 0 fully saturated rings. The molecule has 0 saturated carbocycles. The largest absolute Gasteiger partial charge is 3.00 e. The first-order valence-electron chi connectivity index (χ1n) is 3.83. The smallest absolute Gasteiger partial charge is 0.356 e. The fraction of sp³-hybridized carbons (Fsp3) is 0. The van der Waals surface area contributed by atoms with Crippen molar-refractivity contribution in [2.45, 2.75) is 0 Å². The molecule has 31 heavy (non-hydrogen) atoms. The van der Waals surface area contributed by atoms with Gasteiger partial charge in [-0.15, -0.1) is 0 Å². The van der Waals surface area contributed by atoms with Gasteiger partial charge in [-0.05, 0) is 0 Å². The Balaban J connectivity index is -0.0000000204. The van der Waals surface area contributed by atoms with Crippen molar-refractivity contribution in [3.63, 3.8) is 0 Å². The maximum atomic E-state index is 8.25. The van der Waals surface area contributed by atoms with E-state index < -0.39 is 35.6 Å². The predicted molar refractivity (Wildman–Crippen MR) is 84.0 cm³/mol. The van der Waals surface area contributed by atoms with Gasteiger partial charge in [0, 0.05) is 0 Å². The van der Waals surface area contributed by atoms with Crippen LogP contribution in [-0.4, -0.2) is 76.0 Å². The molecular weight excluding hydrogens is 549 g/mol. The number of nitrogens with zero attached hydrogens (tertiary/aromatic N) is 7. The summed E-state index contributed by atoms with van der Waals surface area (Å²) >= 11 is 0. The maximum Gasteiger partial charge on any atom is 3.00 e. The van der Waals surface area contributed by atoms with E-state index in [4.69, 9.17) is 107 Å². The molecule has 0 unspecified atom stereocenters. The van der Waals surface area contributed by atoms with Crippen LogP contribution < -0.4 is 0 Å². The molecule has 0 rings (SSSR count). The van der Waals surface area contributed by atoms with Crippen LogP contribution in [0, 0.1) is 107 Å². The summed E-state index contributed by atoms with van der Waals surface area (Å²) in [5.41, 5.74) is 0. The molecule has 0 bridgehead atoms. The van der Waals surface area contributed by atoms with Crippen LogP contribution in [0.25, 0.3) is 0 Å². The minimum absolute atomic E-state index is 0. The minimum atomic E-state index is -1.75. The normalized spacial score (nSPS) is 5.42. The van der Waals surface area contributed by atoms with Gasteiger partial charge < -0.3 is 107 Å². The van der Waals surface area contributed by atoms with Crippen molar-refractivity contribution in [3.05, 3.63) is 107 Å². The van der Waals surface area contributed by atoms with E-state index in [1.54, 1.807) is 0 Å². The van der Waals surface area contributed by atoms with Gasteiger partial charge in [-0.1, -0.05) is 0 Å². The van der Waals surface area contributed by atoms with Gasteiger partial charge in [-0.2, -0.15) is 0 Å². The van der Waals surface area contributed by atoms with E-state index in [-0.39, 0.29) is 57.5 Å². The maximum absolute atomic E-state index is 8.25. The molecule has 0 amide bonds. The predicted octanol–water partition coefficient (Wildman–Crippen LogP) is -2.44. The topological polar surface area (TPSA) is 463 Å². The molecule has 0 aromatic rings. The zero-order valence-electron chi connectivity index (χ0n) is 13.3. The van der Waals surface area contributed by atoms with E-state index in [1.807, 2.05) is 0 Å². The van der Waals surface area contributed by atoms with Crippen LogP contribution >= 0.6 is 0 Å². The summed E-state index contributed by atoms with van der Waals surface area (Å²) in [5.74, 6) is 0. The van der Waals surface area contributed by atoms with Gasteiger partial charge >= 0.3 is 57.5 Å². The molecule has 0 atom stereocenters. The van der Waals surface area contributed by atoms with Crippen molar-refractivity contribution in [2.24, 2.45) is 0 Å². The van der Waals surface area contributed by atoms with Crippen molar-refractivity contribution >= 4 is 40.4 Å². The molecule has 177 valence electrons. The first kappa shape index (κ1) is 63.1. The summed E-state index contributed by atoms with van der Waals surface area (Å²) in [6.45, 7) is 0. The third-order valence-corrected chi connectivity index (χ3v) is 0. The van der Waals surface area contributed by atoms with Gasteiger partial charge in [0.05, 0.1) is 35.6 Å². The van der Waals surface area contributed by atoms with Crippen molar-refractivity contribution in [2.75, 3.05) is 0 Å². The van der Waals surface area contributed by atoms with Gasteiger partial charge in [0.15, 0.2) is 0 Å². The molecule has 0 heterocycles. The molecule has 28 nitrogen and oxygen atoms in total. The molecule has 0 spiro atoms. The Bertz CT molecular complexity index is 321. The van der Waals surface area contributed by atoms with Gasteiger partial charge in [0.25, 0.3) is 0 Å². The second-order valence-corrected chi connectivity index (χ2v) is 1.57. The molecule has 0 saturated heterocycles. The molecule has 1 radical (unpaired) electrons. The van der Waals surface area contributed by atoms with Crippen LogP contribution in [-0.2, 0) is 17.1 Å². The standard InChI is InChI=1S/Al.Cu.Mg.7NO3/c;;;7*2-1(3)4/q+3;2*+2;7*-1. The Morgan fingerprint density at radius 1 is 0.290 bits per heavy atom. The van der Waals surface area contributed by atoms with Gasteiger partial charge in [-0.25, -0.2) is 0 Å². The molecule has 0 aliphatic heterocycles. The van der Waals surface area contributed by atoms with Gasteiger partial charge in [-0.3, -0.25) is 0 Å². The summed E-state index contributed by atoms with van der Waals surface area (Å²) in [5, 5.41) is 103. The van der Waals surface area contributed by atoms with Crippen LogP contribution in [0.2, 0.25) is 0 Å². The monoisotopic (exact) mass is 548 g/mol. The van der Waals surface area contributed by atoms with E-state index >= 15 is 0 Å². The van der Waals surface area contributed by atoms with Crippen molar-refractivity contribution in [1.29, 1.82) is 0 Å². The SMILES string of the molecule is O=[N+]([O-])[O-].O=[N+]([O-])[O-].O=[N+]([O-])[O-].O=[N+]([O-])[O-].O=[N+]([O-])[O-].O=[N+]([O-])[O-].O=[N+]([O-])[O-].[Al+3].[Cu+2].[Mg+2]. The zero-order valence-corrected chi connectivity index (χ0v) is 16.8. The Labute approximate surface area is 200 Å². The van der Waals surface area contributed by atoms with Crippen LogP contribution in [0.5, 0.6) is 0 Å². The summed E-state index contributed by atoms with van der Waals surface area (Å²) in [6, 6.07) is 0. The summed E-state index contributed by atoms with van der Waals surface area (Å²) in [7, 11) is 0. The summed E-state index contributed by atoms with van der Waals surface area (Å²) < 4.78 is 0. The van der Waals surface area contributed by atoms with Gasteiger partial charge in [0.1, 0.15) is 0 Å². The number of hydrogen-bond donors (Lipinski definition) is 0. The van der Waals surface area contributed by atoms with Crippen LogP contribution in [0.3, 0.4) is 0 Å².